The van der Waals surface area contributed by atoms with Gasteiger partial charge in [0.2, 0.25) is 11.8 Å². The van der Waals surface area contributed by atoms with E-state index >= 15 is 0 Å². The quantitative estimate of drug-likeness (QED) is 0.310. The van der Waals surface area contributed by atoms with Crippen LogP contribution in [0.15, 0.2) is 83.6 Å². The number of ether oxygens (including phenoxy) is 1. The van der Waals surface area contributed by atoms with Crippen molar-refractivity contribution < 1.29 is 9.15 Å². The zero-order valence-corrected chi connectivity index (χ0v) is 20.0. The number of furan rings is 1. The lowest BCUT2D eigenvalue weighted by atomic mass is 10.00. The molecule has 0 saturated heterocycles. The molecular formula is C28H28N6O2. The highest BCUT2D eigenvalue weighted by Crippen LogP contribution is 2.24. The first-order chi connectivity index (χ1) is 17.8. The number of aromatic nitrogens is 4. The Labute approximate surface area is 209 Å². The normalized spacial score (nSPS) is 13.7. The highest BCUT2D eigenvalue weighted by Gasteiger charge is 2.20. The highest BCUT2D eigenvalue weighted by molar-refractivity contribution is 5.58. The molecule has 1 aliphatic heterocycles. The Hall–Kier alpha value is -4.01. The van der Waals surface area contributed by atoms with Gasteiger partial charge in [-0.25, -0.2) is 9.97 Å². The van der Waals surface area contributed by atoms with Gasteiger partial charge in [0.25, 0.3) is 0 Å². The molecule has 6 rings (SSSR count). The van der Waals surface area contributed by atoms with Crippen LogP contribution in [0.5, 0.6) is 0 Å². The average Bonchev–Trinajstić information content (AvgIpc) is 3.61. The smallest absolute Gasteiger partial charge is 0.225 e. The van der Waals surface area contributed by atoms with E-state index in [9.17, 15) is 0 Å². The minimum Gasteiger partial charge on any atom is -0.461 e. The summed E-state index contributed by atoms with van der Waals surface area (Å²) in [6.07, 6.45) is 4.59. The summed E-state index contributed by atoms with van der Waals surface area (Å²) in [5.41, 5.74) is 5.79. The maximum absolute atomic E-state index is 5.81. The first-order valence-electron chi connectivity index (χ1n) is 12.3. The molecule has 5 aromatic rings. The monoisotopic (exact) mass is 480 g/mol. The molecule has 182 valence electrons. The summed E-state index contributed by atoms with van der Waals surface area (Å²) in [6.45, 7) is 4.40. The van der Waals surface area contributed by atoms with Gasteiger partial charge in [0.1, 0.15) is 0 Å². The number of hydrogen-bond donors (Lipinski definition) is 1. The molecular weight excluding hydrogens is 452 g/mol. The van der Waals surface area contributed by atoms with Crippen LogP contribution in [0.3, 0.4) is 0 Å². The zero-order chi connectivity index (χ0) is 24.2. The van der Waals surface area contributed by atoms with Crippen molar-refractivity contribution in [3.8, 4) is 11.6 Å². The Kier molecular flexibility index (Phi) is 6.43. The minimum atomic E-state index is 0.543. The Morgan fingerprint density at radius 3 is 2.69 bits per heavy atom. The van der Waals surface area contributed by atoms with E-state index in [0.717, 1.165) is 42.8 Å². The van der Waals surface area contributed by atoms with Crippen LogP contribution in [0.25, 0.3) is 17.2 Å². The van der Waals surface area contributed by atoms with E-state index in [1.54, 1.807) is 10.8 Å². The molecule has 0 bridgehead atoms. The molecule has 0 fully saturated rings. The number of rotatable bonds is 9. The summed E-state index contributed by atoms with van der Waals surface area (Å²) < 4.78 is 13.2. The summed E-state index contributed by atoms with van der Waals surface area (Å²) in [5.74, 6) is 1.81. The molecule has 0 radical (unpaired) electrons. The number of fused-ring (bicyclic) bond motifs is 2. The predicted octanol–water partition coefficient (Wildman–Crippen LogP) is 4.57. The van der Waals surface area contributed by atoms with E-state index in [0.29, 0.717) is 37.3 Å². The van der Waals surface area contributed by atoms with Crippen molar-refractivity contribution in [2.45, 2.75) is 26.1 Å². The molecule has 0 saturated carbocycles. The third-order valence-electron chi connectivity index (χ3n) is 6.42. The summed E-state index contributed by atoms with van der Waals surface area (Å²) in [6, 6.07) is 22.5. The average molecular weight is 481 g/mol. The molecule has 0 spiro atoms. The van der Waals surface area contributed by atoms with Crippen molar-refractivity contribution in [1.82, 2.24) is 24.5 Å². The number of anilines is 1. The van der Waals surface area contributed by atoms with Gasteiger partial charge < -0.3 is 14.5 Å². The van der Waals surface area contributed by atoms with Crippen LogP contribution in [-0.2, 0) is 30.9 Å². The lowest BCUT2D eigenvalue weighted by molar-refractivity contribution is 0.130. The maximum Gasteiger partial charge on any atom is 0.225 e. The first kappa shape index (κ1) is 22.5. The largest absolute Gasteiger partial charge is 0.461 e. The predicted molar refractivity (Wildman–Crippen MR) is 137 cm³/mol. The fourth-order valence-corrected chi connectivity index (χ4v) is 4.59. The van der Waals surface area contributed by atoms with Crippen LogP contribution < -0.4 is 5.32 Å². The van der Waals surface area contributed by atoms with Crippen molar-refractivity contribution in [1.29, 1.82) is 0 Å². The second-order valence-corrected chi connectivity index (χ2v) is 8.95. The van der Waals surface area contributed by atoms with Crippen molar-refractivity contribution in [2.75, 3.05) is 25.0 Å². The molecule has 0 aliphatic carbocycles. The minimum absolute atomic E-state index is 0.543. The Morgan fingerprint density at radius 1 is 0.972 bits per heavy atom. The topological polar surface area (TPSA) is 80.7 Å². The van der Waals surface area contributed by atoms with E-state index < -0.39 is 0 Å². The van der Waals surface area contributed by atoms with Gasteiger partial charge in [0.15, 0.2) is 11.4 Å². The molecule has 8 nitrogen and oxygen atoms in total. The van der Waals surface area contributed by atoms with Crippen molar-refractivity contribution in [3.05, 3.63) is 101 Å². The number of benzene rings is 2. The van der Waals surface area contributed by atoms with Crippen LogP contribution in [0, 0.1) is 0 Å². The fraction of sp³-hybridized carbons (Fsp3) is 0.250. The SMILES string of the molecule is c1ccc(COCCNc2ncc(CN3CCc4ccccc4C3)c3nc(-c4ccco4)nn23)cc1. The molecule has 36 heavy (non-hydrogen) atoms. The van der Waals surface area contributed by atoms with E-state index in [4.69, 9.17) is 24.2 Å². The summed E-state index contributed by atoms with van der Waals surface area (Å²) >= 11 is 0. The van der Waals surface area contributed by atoms with Crippen molar-refractivity contribution in [2.24, 2.45) is 0 Å². The second kappa shape index (κ2) is 10.3. The van der Waals surface area contributed by atoms with Gasteiger partial charge in [-0.15, -0.1) is 5.10 Å². The zero-order valence-electron chi connectivity index (χ0n) is 20.0. The van der Waals surface area contributed by atoms with Crippen LogP contribution in [-0.4, -0.2) is 44.2 Å². The van der Waals surface area contributed by atoms with E-state index in [1.165, 1.54) is 11.1 Å². The molecule has 0 unspecified atom stereocenters. The van der Waals surface area contributed by atoms with Gasteiger partial charge in [-0.3, -0.25) is 4.90 Å². The molecule has 1 N–H and O–H groups in total. The third-order valence-corrected chi connectivity index (χ3v) is 6.42. The van der Waals surface area contributed by atoms with Gasteiger partial charge in [0.05, 0.1) is 19.5 Å². The number of nitrogens with zero attached hydrogens (tertiary/aromatic N) is 5. The molecule has 0 amide bonds. The van der Waals surface area contributed by atoms with Crippen molar-refractivity contribution >= 4 is 11.6 Å². The maximum atomic E-state index is 5.81. The lowest BCUT2D eigenvalue weighted by Gasteiger charge is -2.28. The summed E-state index contributed by atoms with van der Waals surface area (Å²) in [7, 11) is 0. The van der Waals surface area contributed by atoms with Crippen LogP contribution >= 0.6 is 0 Å². The standard InChI is InChI=1S/C28H28N6O2/c1-2-7-21(8-3-1)20-35-16-13-29-28-30-17-24(19-33-14-12-22-9-4-5-10-23(22)18-33)27-31-26(32-34(27)28)25-11-6-15-36-25/h1-11,15,17H,12-14,16,18-20H2,(H,29,30). The molecule has 2 aromatic carbocycles. The fourth-order valence-electron chi connectivity index (χ4n) is 4.59. The van der Waals surface area contributed by atoms with E-state index in [-0.39, 0.29) is 0 Å². The number of nitrogens with one attached hydrogen (secondary N) is 1. The Morgan fingerprint density at radius 2 is 1.83 bits per heavy atom. The third kappa shape index (κ3) is 4.86. The van der Waals surface area contributed by atoms with Gasteiger partial charge >= 0.3 is 0 Å². The number of hydrogen-bond acceptors (Lipinski definition) is 7. The van der Waals surface area contributed by atoms with Gasteiger partial charge in [-0.1, -0.05) is 54.6 Å². The van der Waals surface area contributed by atoms with Crippen molar-refractivity contribution in [3.63, 3.8) is 0 Å². The first-order valence-corrected chi connectivity index (χ1v) is 12.3. The Balaban J connectivity index is 1.19. The van der Waals surface area contributed by atoms with Gasteiger partial charge in [-0.2, -0.15) is 4.52 Å². The van der Waals surface area contributed by atoms with Crippen LogP contribution in [0.4, 0.5) is 5.95 Å². The van der Waals surface area contributed by atoms with Crippen LogP contribution in [0.2, 0.25) is 0 Å². The van der Waals surface area contributed by atoms with Gasteiger partial charge in [-0.05, 0) is 35.2 Å². The molecule has 0 atom stereocenters. The highest BCUT2D eigenvalue weighted by atomic mass is 16.5. The molecule has 8 heteroatoms. The molecule has 3 aromatic heterocycles. The molecule has 4 heterocycles. The van der Waals surface area contributed by atoms with E-state index in [2.05, 4.69) is 46.6 Å². The summed E-state index contributed by atoms with van der Waals surface area (Å²) in [5, 5.41) is 8.08. The molecule has 1 aliphatic rings. The van der Waals surface area contributed by atoms with Crippen LogP contribution in [0.1, 0.15) is 22.3 Å². The second-order valence-electron chi connectivity index (χ2n) is 8.95. The Bertz CT molecular complexity index is 1430. The summed E-state index contributed by atoms with van der Waals surface area (Å²) in [4.78, 5) is 12.0. The van der Waals surface area contributed by atoms with E-state index in [1.807, 2.05) is 36.5 Å². The lowest BCUT2D eigenvalue weighted by Crippen LogP contribution is -2.30. The van der Waals surface area contributed by atoms with Gasteiger partial charge in [0, 0.05) is 37.9 Å².